The van der Waals surface area contributed by atoms with E-state index in [1.165, 1.54) is 18.2 Å². The number of allylic oxidation sites excluding steroid dienone is 1. The number of anilines is 1. The second-order valence-corrected chi connectivity index (χ2v) is 6.09. The molecule has 0 atom stereocenters. The molecule has 0 radical (unpaired) electrons. The van der Waals surface area contributed by atoms with Crippen molar-refractivity contribution in [1.82, 2.24) is 5.32 Å². The molecule has 3 rings (SSSR count). The molecule has 1 saturated carbocycles. The molecule has 1 aliphatic carbocycles. The average molecular weight is 339 g/mol. The van der Waals surface area contributed by atoms with Gasteiger partial charge in [-0.25, -0.2) is 8.78 Å². The molecule has 0 bridgehead atoms. The van der Waals surface area contributed by atoms with Crippen molar-refractivity contribution in [2.24, 2.45) is 0 Å². The Morgan fingerprint density at radius 2 is 2.00 bits per heavy atom. The molecule has 0 aromatic heterocycles. The minimum Gasteiger partial charge on any atom is -0.398 e. The predicted octanol–water partition coefficient (Wildman–Crippen LogP) is 4.35. The Morgan fingerprint density at radius 3 is 2.68 bits per heavy atom. The summed E-state index contributed by atoms with van der Waals surface area (Å²) >= 11 is 0. The summed E-state index contributed by atoms with van der Waals surface area (Å²) in [5.41, 5.74) is 7.36. The second kappa shape index (κ2) is 6.89. The first-order valence-corrected chi connectivity index (χ1v) is 8.02. The standard InChI is InChI=1S/C20H19F2N3/c1-12(25-15-6-7-15)16-8-10-18(24)19(20(16)22)17(23)9-5-13-3-2-4-14(21)11-13/h2-5,8-11,15,23,25H,1,6-7,24H2/b9-5+,23-17?. The Morgan fingerprint density at radius 1 is 1.24 bits per heavy atom. The number of rotatable bonds is 6. The number of hydrogen-bond acceptors (Lipinski definition) is 3. The van der Waals surface area contributed by atoms with Gasteiger partial charge in [-0.3, -0.25) is 0 Å². The molecule has 0 spiro atoms. The lowest BCUT2D eigenvalue weighted by atomic mass is 10.0. The van der Waals surface area contributed by atoms with Crippen LogP contribution in [0.15, 0.2) is 49.1 Å². The first-order chi connectivity index (χ1) is 12.0. The number of nitrogen functional groups attached to an aromatic ring is 1. The highest BCUT2D eigenvalue weighted by Crippen LogP contribution is 2.28. The zero-order valence-electron chi connectivity index (χ0n) is 13.7. The fourth-order valence-corrected chi connectivity index (χ4v) is 2.52. The van der Waals surface area contributed by atoms with Crippen LogP contribution in [0, 0.1) is 17.0 Å². The lowest BCUT2D eigenvalue weighted by molar-refractivity contribution is 0.620. The number of halogens is 2. The number of nitrogens with two attached hydrogens (primary N) is 1. The van der Waals surface area contributed by atoms with Crippen LogP contribution < -0.4 is 11.1 Å². The van der Waals surface area contributed by atoms with Gasteiger partial charge in [0.25, 0.3) is 0 Å². The largest absolute Gasteiger partial charge is 0.398 e. The van der Waals surface area contributed by atoms with E-state index in [9.17, 15) is 8.78 Å². The summed E-state index contributed by atoms with van der Waals surface area (Å²) in [5.74, 6) is -0.948. The van der Waals surface area contributed by atoms with Gasteiger partial charge in [0.15, 0.2) is 0 Å². The van der Waals surface area contributed by atoms with Crippen molar-refractivity contribution < 1.29 is 8.78 Å². The van der Waals surface area contributed by atoms with Crippen LogP contribution in [0.5, 0.6) is 0 Å². The van der Waals surface area contributed by atoms with E-state index in [-0.39, 0.29) is 22.8 Å². The van der Waals surface area contributed by atoms with Gasteiger partial charge in [-0.2, -0.15) is 0 Å². The van der Waals surface area contributed by atoms with Crippen molar-refractivity contribution >= 4 is 23.2 Å². The van der Waals surface area contributed by atoms with Crippen LogP contribution in [0.4, 0.5) is 14.5 Å². The summed E-state index contributed by atoms with van der Waals surface area (Å²) in [7, 11) is 0. The van der Waals surface area contributed by atoms with E-state index in [4.69, 9.17) is 11.1 Å². The normalized spacial score (nSPS) is 13.8. The maximum atomic E-state index is 14.9. The van der Waals surface area contributed by atoms with Crippen LogP contribution in [-0.4, -0.2) is 11.8 Å². The third kappa shape index (κ3) is 3.94. The molecule has 5 heteroatoms. The third-order valence-electron chi connectivity index (χ3n) is 4.02. The van der Waals surface area contributed by atoms with Gasteiger partial charge in [0.1, 0.15) is 11.6 Å². The predicted molar refractivity (Wildman–Crippen MR) is 98.3 cm³/mol. The summed E-state index contributed by atoms with van der Waals surface area (Å²) in [4.78, 5) is 0. The zero-order chi connectivity index (χ0) is 18.0. The van der Waals surface area contributed by atoms with Gasteiger partial charge in [0.05, 0.1) is 11.3 Å². The summed E-state index contributed by atoms with van der Waals surface area (Å²) in [6, 6.07) is 9.42. The van der Waals surface area contributed by atoms with Crippen LogP contribution in [0.25, 0.3) is 11.8 Å². The summed E-state index contributed by atoms with van der Waals surface area (Å²) in [6.45, 7) is 3.88. The van der Waals surface area contributed by atoms with E-state index in [1.807, 2.05) is 0 Å². The van der Waals surface area contributed by atoms with Gasteiger partial charge in [-0.1, -0.05) is 24.8 Å². The fraction of sp³-hybridized carbons (Fsp3) is 0.150. The van der Waals surface area contributed by atoms with E-state index < -0.39 is 5.82 Å². The van der Waals surface area contributed by atoms with Crippen LogP contribution in [-0.2, 0) is 0 Å². The summed E-state index contributed by atoms with van der Waals surface area (Å²) in [6.07, 6.45) is 5.06. The molecule has 0 heterocycles. The minimum atomic E-state index is -0.577. The van der Waals surface area contributed by atoms with Crippen molar-refractivity contribution in [3.63, 3.8) is 0 Å². The lowest BCUT2D eigenvalue weighted by Crippen LogP contribution is -2.16. The molecule has 4 N–H and O–H groups in total. The number of nitrogens with one attached hydrogen (secondary N) is 2. The molecular formula is C20H19F2N3. The smallest absolute Gasteiger partial charge is 0.143 e. The Kier molecular flexibility index (Phi) is 4.65. The molecule has 2 aromatic carbocycles. The van der Waals surface area contributed by atoms with Gasteiger partial charge in [-0.15, -0.1) is 0 Å². The van der Waals surface area contributed by atoms with Gasteiger partial charge >= 0.3 is 0 Å². The van der Waals surface area contributed by atoms with E-state index in [0.717, 1.165) is 12.8 Å². The van der Waals surface area contributed by atoms with E-state index in [2.05, 4.69) is 11.9 Å². The second-order valence-electron chi connectivity index (χ2n) is 6.09. The maximum Gasteiger partial charge on any atom is 0.143 e. The van der Waals surface area contributed by atoms with Gasteiger partial charge < -0.3 is 16.5 Å². The molecule has 3 nitrogen and oxygen atoms in total. The van der Waals surface area contributed by atoms with Gasteiger partial charge in [0.2, 0.25) is 0 Å². The van der Waals surface area contributed by atoms with Crippen LogP contribution in [0.1, 0.15) is 29.5 Å². The van der Waals surface area contributed by atoms with Crippen molar-refractivity contribution in [2.45, 2.75) is 18.9 Å². The van der Waals surface area contributed by atoms with Crippen molar-refractivity contribution in [2.75, 3.05) is 5.73 Å². The van der Waals surface area contributed by atoms with E-state index >= 15 is 0 Å². The Balaban J connectivity index is 1.87. The molecule has 1 fully saturated rings. The quantitative estimate of drug-likeness (QED) is 0.541. The first kappa shape index (κ1) is 16.9. The molecular weight excluding hydrogens is 320 g/mol. The average Bonchev–Trinajstić information content (AvgIpc) is 3.37. The van der Waals surface area contributed by atoms with E-state index in [0.29, 0.717) is 22.9 Å². The SMILES string of the molecule is C=C(NC1CC1)c1ccc(N)c(C(=N)/C=C/c2cccc(F)c2)c1F. The monoisotopic (exact) mass is 339 g/mol. The minimum absolute atomic E-state index is 0.0175. The number of hydrogen-bond donors (Lipinski definition) is 3. The Bertz CT molecular complexity index is 867. The van der Waals surface area contributed by atoms with Crippen LogP contribution >= 0.6 is 0 Å². The summed E-state index contributed by atoms with van der Waals surface area (Å²) in [5, 5.41) is 11.3. The highest BCUT2D eigenvalue weighted by molar-refractivity contribution is 6.12. The first-order valence-electron chi connectivity index (χ1n) is 8.02. The van der Waals surface area contributed by atoms with Crippen molar-refractivity contribution in [1.29, 1.82) is 5.41 Å². The van der Waals surface area contributed by atoms with Crippen LogP contribution in [0.3, 0.4) is 0 Å². The highest BCUT2D eigenvalue weighted by atomic mass is 19.1. The molecule has 0 aliphatic heterocycles. The van der Waals surface area contributed by atoms with E-state index in [1.54, 1.807) is 30.3 Å². The molecule has 2 aromatic rings. The van der Waals surface area contributed by atoms with Crippen molar-refractivity contribution in [3.8, 4) is 0 Å². The molecule has 25 heavy (non-hydrogen) atoms. The molecule has 0 unspecified atom stereocenters. The molecule has 1 aliphatic rings. The number of benzene rings is 2. The van der Waals surface area contributed by atoms with Gasteiger partial charge in [-0.05, 0) is 48.7 Å². The third-order valence-corrected chi connectivity index (χ3v) is 4.02. The van der Waals surface area contributed by atoms with Gasteiger partial charge in [0, 0.05) is 23.0 Å². The molecule has 0 saturated heterocycles. The Hall–Kier alpha value is -2.95. The molecule has 0 amide bonds. The highest BCUT2D eigenvalue weighted by Gasteiger charge is 2.23. The Labute approximate surface area is 145 Å². The lowest BCUT2D eigenvalue weighted by Gasteiger charge is -2.14. The zero-order valence-corrected chi connectivity index (χ0v) is 13.7. The maximum absolute atomic E-state index is 14.9. The summed E-state index contributed by atoms with van der Waals surface area (Å²) < 4.78 is 28.1. The molecule has 128 valence electrons. The topological polar surface area (TPSA) is 61.9 Å². The van der Waals surface area contributed by atoms with Crippen LogP contribution in [0.2, 0.25) is 0 Å². The fourth-order valence-electron chi connectivity index (χ4n) is 2.52. The van der Waals surface area contributed by atoms with Crippen molar-refractivity contribution in [3.05, 3.63) is 77.4 Å².